The van der Waals surface area contributed by atoms with E-state index in [1.807, 2.05) is 0 Å². The predicted octanol–water partition coefficient (Wildman–Crippen LogP) is 1.40. The van der Waals surface area contributed by atoms with Gasteiger partial charge in [0.2, 0.25) is 0 Å². The summed E-state index contributed by atoms with van der Waals surface area (Å²) in [4.78, 5) is 5.00. The van der Waals surface area contributed by atoms with Crippen LogP contribution in [0.25, 0.3) is 0 Å². The molecule has 0 spiro atoms. The van der Waals surface area contributed by atoms with Gasteiger partial charge in [-0.25, -0.2) is 0 Å². The highest BCUT2D eigenvalue weighted by atomic mass is 15.2. The van der Waals surface area contributed by atoms with Gasteiger partial charge in [-0.15, -0.1) is 0 Å². The molecule has 1 aliphatic rings. The van der Waals surface area contributed by atoms with Crippen LogP contribution in [0.3, 0.4) is 0 Å². The average molecular weight is 227 g/mol. The molecule has 0 amide bonds. The maximum atomic E-state index is 3.45. The Hall–Kier alpha value is -0.120. The lowest BCUT2D eigenvalue weighted by atomic mass is 10.0. The predicted molar refractivity (Wildman–Crippen MR) is 70.9 cm³/mol. The highest BCUT2D eigenvalue weighted by Crippen LogP contribution is 2.12. The van der Waals surface area contributed by atoms with Crippen molar-refractivity contribution in [3.8, 4) is 0 Å². The molecule has 1 aliphatic heterocycles. The molecule has 0 atom stereocenters. The van der Waals surface area contributed by atoms with Gasteiger partial charge >= 0.3 is 0 Å². The monoisotopic (exact) mass is 227 g/mol. The Morgan fingerprint density at radius 1 is 1.06 bits per heavy atom. The number of piperidine rings is 1. The highest BCUT2D eigenvalue weighted by molar-refractivity contribution is 4.77. The van der Waals surface area contributed by atoms with Gasteiger partial charge in [-0.3, -0.25) is 0 Å². The van der Waals surface area contributed by atoms with Crippen molar-refractivity contribution in [1.29, 1.82) is 0 Å². The van der Waals surface area contributed by atoms with Gasteiger partial charge in [0.05, 0.1) is 0 Å². The fourth-order valence-electron chi connectivity index (χ4n) is 2.53. The van der Waals surface area contributed by atoms with Crippen LogP contribution in [0.1, 0.15) is 32.6 Å². The van der Waals surface area contributed by atoms with Crippen molar-refractivity contribution >= 4 is 0 Å². The van der Waals surface area contributed by atoms with E-state index in [0.717, 1.165) is 6.04 Å². The summed E-state index contributed by atoms with van der Waals surface area (Å²) in [6.45, 7) is 8.47. The van der Waals surface area contributed by atoms with E-state index in [-0.39, 0.29) is 0 Å². The first-order valence-electron chi connectivity index (χ1n) is 6.83. The Balaban J connectivity index is 2.27. The first-order chi connectivity index (χ1) is 7.74. The highest BCUT2D eigenvalue weighted by Gasteiger charge is 2.19. The summed E-state index contributed by atoms with van der Waals surface area (Å²) < 4.78 is 0. The first-order valence-corrected chi connectivity index (χ1v) is 6.83. The molecule has 3 heteroatoms. The van der Waals surface area contributed by atoms with Gasteiger partial charge in [-0.1, -0.05) is 6.92 Å². The lowest BCUT2D eigenvalue weighted by molar-refractivity contribution is 0.155. The van der Waals surface area contributed by atoms with E-state index in [4.69, 9.17) is 0 Å². The van der Waals surface area contributed by atoms with Gasteiger partial charge < -0.3 is 15.1 Å². The Bertz CT molecular complexity index is 165. The summed E-state index contributed by atoms with van der Waals surface area (Å²) in [6, 6.07) is 0.836. The SMILES string of the molecule is CCCN(CCCN(C)C)C1CCNCC1. The van der Waals surface area contributed by atoms with Crippen LogP contribution in [0.4, 0.5) is 0 Å². The lowest BCUT2D eigenvalue weighted by Gasteiger charge is -2.34. The molecular weight excluding hydrogens is 198 g/mol. The van der Waals surface area contributed by atoms with Crippen LogP contribution in [0, 0.1) is 0 Å². The Labute approximate surface area is 101 Å². The molecule has 3 nitrogen and oxygen atoms in total. The molecule has 96 valence electrons. The first kappa shape index (κ1) is 13.9. The minimum atomic E-state index is 0.836. The van der Waals surface area contributed by atoms with Crippen molar-refractivity contribution in [1.82, 2.24) is 15.1 Å². The largest absolute Gasteiger partial charge is 0.317 e. The Morgan fingerprint density at radius 3 is 2.31 bits per heavy atom. The molecule has 0 unspecified atom stereocenters. The van der Waals surface area contributed by atoms with Crippen LogP contribution in [0.2, 0.25) is 0 Å². The maximum absolute atomic E-state index is 3.45. The van der Waals surface area contributed by atoms with Gasteiger partial charge in [0.25, 0.3) is 0 Å². The van der Waals surface area contributed by atoms with Crippen LogP contribution >= 0.6 is 0 Å². The molecule has 0 aromatic heterocycles. The van der Waals surface area contributed by atoms with E-state index < -0.39 is 0 Å². The molecule has 0 bridgehead atoms. The molecule has 1 saturated heterocycles. The van der Waals surface area contributed by atoms with Crippen molar-refractivity contribution < 1.29 is 0 Å². The van der Waals surface area contributed by atoms with Crippen LogP contribution < -0.4 is 5.32 Å². The van der Waals surface area contributed by atoms with Crippen LogP contribution in [-0.4, -0.2) is 62.7 Å². The number of rotatable bonds is 7. The van der Waals surface area contributed by atoms with Crippen LogP contribution in [0.5, 0.6) is 0 Å². The Morgan fingerprint density at radius 2 is 1.75 bits per heavy atom. The second-order valence-electron chi connectivity index (χ2n) is 5.17. The minimum absolute atomic E-state index is 0.836. The fraction of sp³-hybridized carbons (Fsp3) is 1.00. The van der Waals surface area contributed by atoms with Crippen LogP contribution in [0.15, 0.2) is 0 Å². The minimum Gasteiger partial charge on any atom is -0.317 e. The van der Waals surface area contributed by atoms with Crippen molar-refractivity contribution in [3.63, 3.8) is 0 Å². The van der Waals surface area contributed by atoms with Gasteiger partial charge in [-0.2, -0.15) is 0 Å². The summed E-state index contributed by atoms with van der Waals surface area (Å²) in [5, 5.41) is 3.45. The smallest absolute Gasteiger partial charge is 0.0119 e. The zero-order chi connectivity index (χ0) is 11.8. The Kier molecular flexibility index (Phi) is 7.01. The zero-order valence-electron chi connectivity index (χ0n) is 11.3. The third-order valence-corrected chi connectivity index (χ3v) is 3.39. The summed E-state index contributed by atoms with van der Waals surface area (Å²) >= 11 is 0. The second-order valence-corrected chi connectivity index (χ2v) is 5.17. The maximum Gasteiger partial charge on any atom is 0.0119 e. The molecule has 16 heavy (non-hydrogen) atoms. The summed E-state index contributed by atoms with van der Waals surface area (Å²) in [5.41, 5.74) is 0. The molecular formula is C13H29N3. The number of nitrogens with zero attached hydrogens (tertiary/aromatic N) is 2. The van der Waals surface area contributed by atoms with Gasteiger partial charge in [0.15, 0.2) is 0 Å². The zero-order valence-corrected chi connectivity index (χ0v) is 11.3. The molecule has 0 aromatic carbocycles. The summed E-state index contributed by atoms with van der Waals surface area (Å²) in [6.07, 6.45) is 5.26. The van der Waals surface area contributed by atoms with E-state index in [1.54, 1.807) is 0 Å². The molecule has 0 radical (unpaired) electrons. The molecule has 1 fully saturated rings. The molecule has 0 aliphatic carbocycles. The van der Waals surface area contributed by atoms with E-state index in [2.05, 4.69) is 36.1 Å². The number of hydrogen-bond acceptors (Lipinski definition) is 3. The van der Waals surface area contributed by atoms with Gasteiger partial charge in [0, 0.05) is 6.04 Å². The number of hydrogen-bond donors (Lipinski definition) is 1. The van der Waals surface area contributed by atoms with E-state index >= 15 is 0 Å². The lowest BCUT2D eigenvalue weighted by Crippen LogP contribution is -2.44. The molecule has 1 heterocycles. The van der Waals surface area contributed by atoms with Crippen molar-refractivity contribution in [3.05, 3.63) is 0 Å². The third kappa shape index (κ3) is 5.28. The van der Waals surface area contributed by atoms with Crippen molar-refractivity contribution in [2.75, 3.05) is 46.8 Å². The summed E-state index contributed by atoms with van der Waals surface area (Å²) in [7, 11) is 4.32. The fourth-order valence-corrected chi connectivity index (χ4v) is 2.53. The van der Waals surface area contributed by atoms with E-state index in [0.29, 0.717) is 0 Å². The van der Waals surface area contributed by atoms with E-state index in [1.165, 1.54) is 58.4 Å². The summed E-state index contributed by atoms with van der Waals surface area (Å²) in [5.74, 6) is 0. The average Bonchev–Trinajstić information content (AvgIpc) is 2.29. The normalized spacial score (nSPS) is 18.6. The molecule has 1 rings (SSSR count). The quantitative estimate of drug-likeness (QED) is 0.709. The van der Waals surface area contributed by atoms with Gasteiger partial charge in [0.1, 0.15) is 0 Å². The van der Waals surface area contributed by atoms with Crippen LogP contribution in [-0.2, 0) is 0 Å². The molecule has 0 saturated carbocycles. The second kappa shape index (κ2) is 8.04. The standard InChI is InChI=1S/C13H29N3/c1-4-10-16(12-5-11-15(2)3)13-6-8-14-9-7-13/h13-14H,4-12H2,1-3H3. The molecule has 0 aromatic rings. The molecule has 1 N–H and O–H groups in total. The topological polar surface area (TPSA) is 18.5 Å². The number of nitrogens with one attached hydrogen (secondary N) is 1. The van der Waals surface area contributed by atoms with Crippen molar-refractivity contribution in [2.45, 2.75) is 38.6 Å². The third-order valence-electron chi connectivity index (χ3n) is 3.39. The van der Waals surface area contributed by atoms with E-state index in [9.17, 15) is 0 Å². The van der Waals surface area contributed by atoms with Gasteiger partial charge in [-0.05, 0) is 72.5 Å². The van der Waals surface area contributed by atoms with Crippen molar-refractivity contribution in [2.24, 2.45) is 0 Å².